The summed E-state index contributed by atoms with van der Waals surface area (Å²) in [5.74, 6) is 0. The van der Waals surface area contributed by atoms with Gasteiger partial charge in [-0.25, -0.2) is 0 Å². The van der Waals surface area contributed by atoms with E-state index in [0.717, 1.165) is 55.8 Å². The Hall–Kier alpha value is -7.10. The number of furan rings is 1. The third-order valence-corrected chi connectivity index (χ3v) is 10.8. The summed E-state index contributed by atoms with van der Waals surface area (Å²) in [4.78, 5) is 2.40. The van der Waals surface area contributed by atoms with Gasteiger partial charge in [0.25, 0.3) is 0 Å². The standard InChI is InChI=1S/C50H32N2O/c1-2-13-38-34(12-1)32-47(41-15-4-3-14-40(38)41)51(35-26-24-33(25-27-35)39-19-11-23-49-50(39)44-18-7-10-22-48(44)53-49)36-28-30-37(31-29-36)52-45-20-8-5-16-42(45)43-17-6-9-21-46(43)52/h1-32H. The zero-order chi connectivity index (χ0) is 34.9. The topological polar surface area (TPSA) is 21.3 Å². The maximum atomic E-state index is 6.24. The number of hydrogen-bond donors (Lipinski definition) is 0. The molecule has 53 heavy (non-hydrogen) atoms. The molecule has 11 rings (SSSR count). The van der Waals surface area contributed by atoms with Gasteiger partial charge in [0.15, 0.2) is 0 Å². The van der Waals surface area contributed by atoms with Crippen LogP contribution in [0.5, 0.6) is 0 Å². The predicted octanol–water partition coefficient (Wildman–Crippen LogP) is 14.1. The molecule has 3 nitrogen and oxygen atoms in total. The number of benzene rings is 9. The van der Waals surface area contributed by atoms with Crippen LogP contribution in [0.3, 0.4) is 0 Å². The van der Waals surface area contributed by atoms with Crippen molar-refractivity contribution < 1.29 is 4.42 Å². The smallest absolute Gasteiger partial charge is 0.136 e. The van der Waals surface area contributed by atoms with Crippen molar-refractivity contribution in [2.24, 2.45) is 0 Å². The normalized spacial score (nSPS) is 11.8. The van der Waals surface area contributed by atoms with Crippen LogP contribution in [0.4, 0.5) is 17.1 Å². The van der Waals surface area contributed by atoms with Gasteiger partial charge in [-0.15, -0.1) is 0 Å². The second-order valence-electron chi connectivity index (χ2n) is 13.7. The number of para-hydroxylation sites is 3. The van der Waals surface area contributed by atoms with E-state index in [4.69, 9.17) is 4.42 Å². The Labute approximate surface area is 306 Å². The number of hydrogen-bond acceptors (Lipinski definition) is 2. The van der Waals surface area contributed by atoms with E-state index in [-0.39, 0.29) is 0 Å². The van der Waals surface area contributed by atoms with E-state index >= 15 is 0 Å². The summed E-state index contributed by atoms with van der Waals surface area (Å²) in [6, 6.07) is 69.8. The van der Waals surface area contributed by atoms with Gasteiger partial charge in [-0.3, -0.25) is 0 Å². The number of rotatable bonds is 5. The lowest BCUT2D eigenvalue weighted by Crippen LogP contribution is -2.11. The molecule has 0 aliphatic carbocycles. The first-order valence-corrected chi connectivity index (χ1v) is 18.1. The van der Waals surface area contributed by atoms with Crippen molar-refractivity contribution in [2.75, 3.05) is 4.90 Å². The van der Waals surface area contributed by atoms with Crippen LogP contribution in [0, 0.1) is 0 Å². The number of anilines is 3. The van der Waals surface area contributed by atoms with Crippen LogP contribution >= 0.6 is 0 Å². The first-order chi connectivity index (χ1) is 26.3. The maximum Gasteiger partial charge on any atom is 0.136 e. The monoisotopic (exact) mass is 676 g/mol. The van der Waals surface area contributed by atoms with Gasteiger partial charge in [-0.05, 0) is 94.0 Å². The Balaban J connectivity index is 1.10. The minimum Gasteiger partial charge on any atom is -0.456 e. The van der Waals surface area contributed by atoms with Crippen LogP contribution in [0.15, 0.2) is 199 Å². The van der Waals surface area contributed by atoms with Crippen LogP contribution in [0.1, 0.15) is 0 Å². The van der Waals surface area contributed by atoms with Crippen molar-refractivity contribution in [2.45, 2.75) is 0 Å². The van der Waals surface area contributed by atoms with Gasteiger partial charge in [0, 0.05) is 44.0 Å². The number of aromatic nitrogens is 1. The first kappa shape index (κ1) is 29.6. The molecule has 2 aromatic heterocycles. The summed E-state index contributed by atoms with van der Waals surface area (Å²) in [6.45, 7) is 0. The first-order valence-electron chi connectivity index (χ1n) is 18.1. The lowest BCUT2D eigenvalue weighted by atomic mass is 9.97. The fourth-order valence-electron chi connectivity index (χ4n) is 8.40. The van der Waals surface area contributed by atoms with Crippen LogP contribution in [0.2, 0.25) is 0 Å². The molecule has 0 spiro atoms. The molecule has 0 bridgehead atoms. The molecule has 11 aromatic rings. The lowest BCUT2D eigenvalue weighted by molar-refractivity contribution is 0.669. The van der Waals surface area contributed by atoms with Crippen molar-refractivity contribution in [1.29, 1.82) is 0 Å². The highest BCUT2D eigenvalue weighted by Gasteiger charge is 2.19. The average Bonchev–Trinajstić information content (AvgIpc) is 3.78. The fourth-order valence-corrected chi connectivity index (χ4v) is 8.40. The maximum absolute atomic E-state index is 6.24. The average molecular weight is 677 g/mol. The fraction of sp³-hybridized carbons (Fsp3) is 0. The zero-order valence-corrected chi connectivity index (χ0v) is 28.8. The number of nitrogens with zero attached hydrogens (tertiary/aromatic N) is 2. The van der Waals surface area contributed by atoms with Gasteiger partial charge in [0.2, 0.25) is 0 Å². The highest BCUT2D eigenvalue weighted by molar-refractivity contribution is 6.15. The van der Waals surface area contributed by atoms with Gasteiger partial charge < -0.3 is 13.9 Å². The summed E-state index contributed by atoms with van der Waals surface area (Å²) in [7, 11) is 0. The summed E-state index contributed by atoms with van der Waals surface area (Å²) in [5.41, 5.74) is 11.0. The van der Waals surface area contributed by atoms with Crippen LogP contribution in [0.25, 0.3) is 82.1 Å². The molecule has 0 atom stereocenters. The molecule has 0 aliphatic heterocycles. The SMILES string of the molecule is c1ccc2c(c1)cc(N(c1ccc(-c3cccc4oc5ccccc5c34)cc1)c1ccc(-n3c4ccccc4c4ccccc43)cc1)c1ccccc12. The molecular weight excluding hydrogens is 645 g/mol. The van der Waals surface area contributed by atoms with Gasteiger partial charge in [0.05, 0.1) is 16.7 Å². The minimum absolute atomic E-state index is 0.903. The molecule has 0 saturated heterocycles. The van der Waals surface area contributed by atoms with Crippen molar-refractivity contribution in [3.8, 4) is 16.8 Å². The number of fused-ring (bicyclic) bond motifs is 9. The molecule has 0 saturated carbocycles. The molecule has 248 valence electrons. The van der Waals surface area contributed by atoms with Gasteiger partial charge in [-0.2, -0.15) is 0 Å². The Kier molecular flexibility index (Phi) is 6.55. The molecule has 0 radical (unpaired) electrons. The Bertz CT molecular complexity index is 3110. The van der Waals surface area contributed by atoms with Crippen LogP contribution in [-0.2, 0) is 0 Å². The lowest BCUT2D eigenvalue weighted by Gasteiger charge is -2.28. The van der Waals surface area contributed by atoms with Crippen molar-refractivity contribution >= 4 is 82.4 Å². The van der Waals surface area contributed by atoms with E-state index in [1.165, 1.54) is 43.4 Å². The quantitative estimate of drug-likeness (QED) is 0.169. The predicted molar refractivity (Wildman–Crippen MR) is 223 cm³/mol. The Morgan fingerprint density at radius 3 is 1.66 bits per heavy atom. The van der Waals surface area contributed by atoms with E-state index in [1.807, 2.05) is 12.1 Å². The largest absolute Gasteiger partial charge is 0.456 e. The summed E-state index contributed by atoms with van der Waals surface area (Å²) in [5, 5.41) is 9.71. The third kappa shape index (κ3) is 4.61. The Morgan fingerprint density at radius 1 is 0.396 bits per heavy atom. The highest BCUT2D eigenvalue weighted by atomic mass is 16.3. The molecule has 0 unspecified atom stereocenters. The van der Waals surface area contributed by atoms with Crippen LogP contribution < -0.4 is 4.90 Å². The molecule has 9 aromatic carbocycles. The van der Waals surface area contributed by atoms with E-state index < -0.39 is 0 Å². The van der Waals surface area contributed by atoms with Crippen molar-refractivity contribution in [3.05, 3.63) is 194 Å². The second kappa shape index (κ2) is 11.7. The minimum atomic E-state index is 0.903. The second-order valence-corrected chi connectivity index (χ2v) is 13.7. The molecule has 0 amide bonds. The summed E-state index contributed by atoms with van der Waals surface area (Å²) >= 11 is 0. The molecule has 0 fully saturated rings. The highest BCUT2D eigenvalue weighted by Crippen LogP contribution is 2.44. The molecule has 0 aliphatic rings. The Morgan fingerprint density at radius 2 is 0.943 bits per heavy atom. The zero-order valence-electron chi connectivity index (χ0n) is 28.8. The van der Waals surface area contributed by atoms with Gasteiger partial charge in [0.1, 0.15) is 11.2 Å². The van der Waals surface area contributed by atoms with E-state index in [0.29, 0.717) is 0 Å². The third-order valence-electron chi connectivity index (χ3n) is 10.8. The molecule has 2 heterocycles. The summed E-state index contributed by atoms with van der Waals surface area (Å²) in [6.07, 6.45) is 0. The van der Waals surface area contributed by atoms with Crippen LogP contribution in [-0.4, -0.2) is 4.57 Å². The van der Waals surface area contributed by atoms with Gasteiger partial charge in [-0.1, -0.05) is 127 Å². The van der Waals surface area contributed by atoms with E-state index in [1.54, 1.807) is 0 Å². The molecule has 3 heteroatoms. The molecular formula is C50H32N2O. The van der Waals surface area contributed by atoms with Crippen molar-refractivity contribution in [3.63, 3.8) is 0 Å². The molecule has 0 N–H and O–H groups in total. The van der Waals surface area contributed by atoms with E-state index in [9.17, 15) is 0 Å². The summed E-state index contributed by atoms with van der Waals surface area (Å²) < 4.78 is 8.62. The van der Waals surface area contributed by atoms with Crippen molar-refractivity contribution in [1.82, 2.24) is 4.57 Å². The van der Waals surface area contributed by atoms with E-state index in [2.05, 4.69) is 191 Å². The van der Waals surface area contributed by atoms with Gasteiger partial charge >= 0.3 is 0 Å².